The van der Waals surface area contributed by atoms with Crippen LogP contribution in [0.4, 0.5) is 5.82 Å². The summed E-state index contributed by atoms with van der Waals surface area (Å²) in [6.07, 6.45) is 1.88. The summed E-state index contributed by atoms with van der Waals surface area (Å²) in [5.41, 5.74) is 2.41. The van der Waals surface area contributed by atoms with Crippen molar-refractivity contribution in [1.29, 1.82) is 5.26 Å². The molecule has 1 heterocycles. The maximum Gasteiger partial charge on any atom is 0.230 e. The van der Waals surface area contributed by atoms with Gasteiger partial charge in [-0.3, -0.25) is 4.72 Å². The van der Waals surface area contributed by atoms with Crippen LogP contribution in [0.5, 0.6) is 11.5 Å². The van der Waals surface area contributed by atoms with E-state index in [0.717, 1.165) is 23.8 Å². The van der Waals surface area contributed by atoms with Gasteiger partial charge in [-0.2, -0.15) is 5.26 Å². The number of hydrogen-bond acceptors (Lipinski definition) is 7. The minimum atomic E-state index is -3.45. The third-order valence-corrected chi connectivity index (χ3v) is 6.34. The van der Waals surface area contributed by atoms with Gasteiger partial charge >= 0.3 is 0 Å². The van der Waals surface area contributed by atoms with Crippen molar-refractivity contribution in [3.05, 3.63) is 75.7 Å². The van der Waals surface area contributed by atoms with Crippen LogP contribution in [0.15, 0.2) is 42.5 Å². The summed E-state index contributed by atoms with van der Waals surface area (Å²) < 4.78 is 36.9. The van der Waals surface area contributed by atoms with Crippen molar-refractivity contribution in [3.63, 3.8) is 0 Å². The molecule has 2 aromatic carbocycles. The van der Waals surface area contributed by atoms with Crippen molar-refractivity contribution in [2.45, 2.75) is 46.1 Å². The highest BCUT2D eigenvalue weighted by atomic mass is 35.5. The number of ether oxygens (including phenoxy) is 2. The first-order chi connectivity index (χ1) is 16.9. The lowest BCUT2D eigenvalue weighted by molar-refractivity contribution is 0.300. The van der Waals surface area contributed by atoms with Crippen molar-refractivity contribution in [3.8, 4) is 17.6 Å². The summed E-state index contributed by atoms with van der Waals surface area (Å²) in [4.78, 5) is 8.39. The van der Waals surface area contributed by atoms with Gasteiger partial charge < -0.3 is 9.47 Å². The molecule has 0 fully saturated rings. The molecule has 0 saturated carbocycles. The number of aryl methyl sites for hydroxylation is 1. The van der Waals surface area contributed by atoms with Crippen LogP contribution >= 0.6 is 11.6 Å². The van der Waals surface area contributed by atoms with Gasteiger partial charge in [0.2, 0.25) is 10.0 Å². The Labute approximate surface area is 217 Å². The molecular weight excluding hydrogens is 500 g/mol. The molecule has 8 nitrogen and oxygen atoms in total. The molecule has 36 heavy (non-hydrogen) atoms. The normalized spacial score (nSPS) is 11.6. The molecule has 10 heteroatoms. The molecule has 190 valence electrons. The van der Waals surface area contributed by atoms with Crippen LogP contribution in [0.2, 0.25) is 5.02 Å². The molecule has 3 aromatic rings. The smallest absolute Gasteiger partial charge is 0.230 e. The maximum absolute atomic E-state index is 11.5. The molecule has 0 saturated heterocycles. The number of rotatable bonds is 10. The molecule has 0 atom stereocenters. The molecule has 0 aliphatic heterocycles. The van der Waals surface area contributed by atoms with E-state index >= 15 is 0 Å². The summed E-state index contributed by atoms with van der Waals surface area (Å²) in [5.74, 6) is 1.67. The fourth-order valence-corrected chi connectivity index (χ4v) is 4.38. The Bertz CT molecular complexity index is 1380. The topological polar surface area (TPSA) is 114 Å². The first-order valence-corrected chi connectivity index (χ1v) is 13.6. The Morgan fingerprint density at radius 1 is 1.08 bits per heavy atom. The zero-order valence-electron chi connectivity index (χ0n) is 20.9. The highest BCUT2D eigenvalue weighted by molar-refractivity contribution is 7.92. The van der Waals surface area contributed by atoms with Gasteiger partial charge in [0, 0.05) is 11.5 Å². The third-order valence-electron chi connectivity index (χ3n) is 5.48. The first kappa shape index (κ1) is 27.2. The Kier molecular flexibility index (Phi) is 8.43. The Hall–Kier alpha value is -3.35. The molecule has 0 bridgehead atoms. The molecular formula is C26H29ClN4O4S. The van der Waals surface area contributed by atoms with Gasteiger partial charge in [0.1, 0.15) is 30.1 Å². The molecule has 0 amide bonds. The van der Waals surface area contributed by atoms with Crippen LogP contribution in [0, 0.1) is 18.3 Å². The average molecular weight is 529 g/mol. The second-order valence-electron chi connectivity index (χ2n) is 8.90. The van der Waals surface area contributed by atoms with E-state index in [-0.39, 0.29) is 12.4 Å². The number of halogens is 1. The summed E-state index contributed by atoms with van der Waals surface area (Å²) in [6, 6.07) is 15.0. The molecule has 3 rings (SSSR count). The van der Waals surface area contributed by atoms with Gasteiger partial charge in [-0.15, -0.1) is 0 Å². The quantitative estimate of drug-likeness (QED) is 0.376. The van der Waals surface area contributed by atoms with E-state index < -0.39 is 15.4 Å². The fraction of sp³-hybridized carbons (Fsp3) is 0.346. The van der Waals surface area contributed by atoms with Gasteiger partial charge in [-0.05, 0) is 48.7 Å². The third kappa shape index (κ3) is 6.86. The standard InChI is InChI=1S/C26H29ClN4O4S/c1-6-11-34-25-18(15-28)12-20(13-23(25)27)26(3,4)19-7-9-22(10-8-19)35-16-21-14-24(30-17(2)29-21)31-36(5,32)33/h7-10,12-14H,6,11,16H2,1-5H3,(H,29,30,31). The van der Waals surface area contributed by atoms with Gasteiger partial charge in [0.25, 0.3) is 0 Å². The fourth-order valence-electron chi connectivity index (χ4n) is 3.63. The van der Waals surface area contributed by atoms with Crippen LogP contribution in [0.3, 0.4) is 0 Å². The van der Waals surface area contributed by atoms with Crippen molar-refractivity contribution in [1.82, 2.24) is 9.97 Å². The summed E-state index contributed by atoms with van der Waals surface area (Å²) in [5, 5.41) is 10.0. The second-order valence-corrected chi connectivity index (χ2v) is 11.1. The number of anilines is 1. The van der Waals surface area contributed by atoms with E-state index in [2.05, 4.69) is 34.6 Å². The number of nitrogens with one attached hydrogen (secondary N) is 1. The minimum Gasteiger partial charge on any atom is -0.491 e. The number of aromatic nitrogens is 2. The molecule has 1 aromatic heterocycles. The summed E-state index contributed by atoms with van der Waals surface area (Å²) in [6.45, 7) is 8.42. The molecule has 1 N–H and O–H groups in total. The SMILES string of the molecule is CCCOc1c(Cl)cc(C(C)(C)c2ccc(OCc3cc(NS(C)(=O)=O)nc(C)n3)cc2)cc1C#N. The Morgan fingerprint density at radius 2 is 1.78 bits per heavy atom. The van der Waals surface area contributed by atoms with Crippen LogP contribution in [-0.2, 0) is 22.0 Å². The molecule has 0 aliphatic rings. The maximum atomic E-state index is 11.5. The predicted octanol–water partition coefficient (Wildman–Crippen LogP) is 5.38. The van der Waals surface area contributed by atoms with E-state index in [0.29, 0.717) is 40.2 Å². The molecule has 0 spiro atoms. The van der Waals surface area contributed by atoms with E-state index in [1.54, 1.807) is 6.92 Å². The van der Waals surface area contributed by atoms with E-state index in [9.17, 15) is 13.7 Å². The van der Waals surface area contributed by atoms with Crippen molar-refractivity contribution >= 4 is 27.4 Å². The predicted molar refractivity (Wildman–Crippen MR) is 140 cm³/mol. The van der Waals surface area contributed by atoms with Crippen LogP contribution in [0.1, 0.15) is 55.4 Å². The second kappa shape index (κ2) is 11.1. The Morgan fingerprint density at radius 3 is 2.39 bits per heavy atom. The van der Waals surface area contributed by atoms with Gasteiger partial charge in [-0.1, -0.05) is 44.5 Å². The van der Waals surface area contributed by atoms with Crippen molar-refractivity contribution in [2.75, 3.05) is 17.6 Å². The van der Waals surface area contributed by atoms with E-state index in [1.165, 1.54) is 6.07 Å². The summed E-state index contributed by atoms with van der Waals surface area (Å²) >= 11 is 6.48. The van der Waals surface area contributed by atoms with E-state index in [1.807, 2.05) is 43.3 Å². The number of nitriles is 1. The van der Waals surface area contributed by atoms with E-state index in [4.69, 9.17) is 21.1 Å². The van der Waals surface area contributed by atoms with Crippen LogP contribution in [-0.4, -0.2) is 31.2 Å². The van der Waals surface area contributed by atoms with Crippen LogP contribution in [0.25, 0.3) is 0 Å². The minimum absolute atomic E-state index is 0.144. The average Bonchev–Trinajstić information content (AvgIpc) is 2.80. The van der Waals surface area contributed by atoms with Gasteiger partial charge in [-0.25, -0.2) is 18.4 Å². The van der Waals surface area contributed by atoms with Crippen molar-refractivity contribution < 1.29 is 17.9 Å². The lowest BCUT2D eigenvalue weighted by Gasteiger charge is -2.27. The van der Waals surface area contributed by atoms with Gasteiger partial charge in [0.15, 0.2) is 5.75 Å². The van der Waals surface area contributed by atoms with Crippen molar-refractivity contribution in [2.24, 2.45) is 0 Å². The largest absolute Gasteiger partial charge is 0.491 e. The first-order valence-electron chi connectivity index (χ1n) is 11.4. The highest BCUT2D eigenvalue weighted by Gasteiger charge is 2.26. The number of hydrogen-bond donors (Lipinski definition) is 1. The lowest BCUT2D eigenvalue weighted by Crippen LogP contribution is -2.19. The summed E-state index contributed by atoms with van der Waals surface area (Å²) in [7, 11) is -3.45. The monoisotopic (exact) mass is 528 g/mol. The lowest BCUT2D eigenvalue weighted by atomic mass is 9.77. The molecule has 0 radical (unpaired) electrons. The number of nitrogens with zero attached hydrogens (tertiary/aromatic N) is 3. The molecule has 0 aliphatic carbocycles. The number of sulfonamides is 1. The zero-order valence-corrected chi connectivity index (χ0v) is 22.5. The number of benzene rings is 2. The van der Waals surface area contributed by atoms with Crippen LogP contribution < -0.4 is 14.2 Å². The zero-order chi connectivity index (χ0) is 26.5. The Balaban J connectivity index is 1.77. The van der Waals surface area contributed by atoms with Gasteiger partial charge in [0.05, 0.1) is 29.1 Å². The highest BCUT2D eigenvalue weighted by Crippen LogP contribution is 2.38. The molecule has 0 unspecified atom stereocenters.